The molecule has 2 rings (SSSR count). The summed E-state index contributed by atoms with van der Waals surface area (Å²) in [5.41, 5.74) is 0.680. The van der Waals surface area contributed by atoms with E-state index in [4.69, 9.17) is 5.11 Å². The first-order valence-electron chi connectivity index (χ1n) is 6.86. The van der Waals surface area contributed by atoms with Crippen molar-refractivity contribution in [2.75, 3.05) is 13.1 Å². The molecule has 0 fully saturated rings. The van der Waals surface area contributed by atoms with E-state index in [0.29, 0.717) is 11.1 Å². The number of carboxylic acids is 1. The number of amides is 3. The van der Waals surface area contributed by atoms with Gasteiger partial charge in [-0.3, -0.25) is 24.1 Å². The van der Waals surface area contributed by atoms with Crippen molar-refractivity contribution in [1.29, 1.82) is 0 Å². The van der Waals surface area contributed by atoms with E-state index in [0.717, 1.165) is 4.90 Å². The molecular weight excluding hydrogens is 288 g/mol. The molecule has 1 aliphatic rings. The van der Waals surface area contributed by atoms with Crippen LogP contribution in [0, 0.1) is 5.92 Å². The van der Waals surface area contributed by atoms with Gasteiger partial charge in [0, 0.05) is 19.5 Å². The topological polar surface area (TPSA) is 104 Å². The molecule has 1 atom stereocenters. The lowest BCUT2D eigenvalue weighted by Gasteiger charge is -2.14. The zero-order valence-electron chi connectivity index (χ0n) is 12.0. The summed E-state index contributed by atoms with van der Waals surface area (Å²) in [6.07, 6.45) is -0.0577. The minimum absolute atomic E-state index is 0.0102. The van der Waals surface area contributed by atoms with Gasteiger partial charge < -0.3 is 10.4 Å². The van der Waals surface area contributed by atoms with E-state index in [1.54, 1.807) is 24.3 Å². The van der Waals surface area contributed by atoms with E-state index in [9.17, 15) is 19.2 Å². The Morgan fingerprint density at radius 3 is 2.23 bits per heavy atom. The summed E-state index contributed by atoms with van der Waals surface area (Å²) < 4.78 is 0. The van der Waals surface area contributed by atoms with Gasteiger partial charge >= 0.3 is 5.97 Å². The summed E-state index contributed by atoms with van der Waals surface area (Å²) in [6, 6.07) is 6.50. The molecule has 116 valence electrons. The standard InChI is InChI=1S/C15H16N2O5/c1-9(15(21)22)8-16-12(18)6-7-17-13(19)10-4-2-3-5-11(10)14(17)20/h2-5,9H,6-8H2,1H3,(H,16,18)(H,21,22). The van der Waals surface area contributed by atoms with Crippen LogP contribution < -0.4 is 5.32 Å². The molecule has 3 amide bonds. The highest BCUT2D eigenvalue weighted by Gasteiger charge is 2.34. The highest BCUT2D eigenvalue weighted by Crippen LogP contribution is 2.22. The first-order valence-corrected chi connectivity index (χ1v) is 6.86. The van der Waals surface area contributed by atoms with E-state index in [1.165, 1.54) is 6.92 Å². The normalized spacial score (nSPS) is 14.7. The van der Waals surface area contributed by atoms with E-state index in [2.05, 4.69) is 5.32 Å². The summed E-state index contributed by atoms with van der Waals surface area (Å²) in [5, 5.41) is 11.2. The Balaban J connectivity index is 1.88. The van der Waals surface area contributed by atoms with Crippen LogP contribution in [0.15, 0.2) is 24.3 Å². The molecule has 1 unspecified atom stereocenters. The zero-order chi connectivity index (χ0) is 16.3. The number of benzene rings is 1. The van der Waals surface area contributed by atoms with E-state index >= 15 is 0 Å². The summed E-state index contributed by atoms with van der Waals surface area (Å²) >= 11 is 0. The van der Waals surface area contributed by atoms with Gasteiger partial charge in [-0.15, -0.1) is 0 Å². The molecule has 0 bridgehead atoms. The van der Waals surface area contributed by atoms with Crippen molar-refractivity contribution >= 4 is 23.7 Å². The smallest absolute Gasteiger partial charge is 0.308 e. The lowest BCUT2D eigenvalue weighted by Crippen LogP contribution is -2.36. The molecule has 7 nitrogen and oxygen atoms in total. The molecule has 0 saturated carbocycles. The molecule has 2 N–H and O–H groups in total. The minimum atomic E-state index is -0.999. The van der Waals surface area contributed by atoms with Crippen LogP contribution in [0.1, 0.15) is 34.1 Å². The lowest BCUT2D eigenvalue weighted by atomic mass is 10.1. The number of aliphatic carboxylic acids is 1. The van der Waals surface area contributed by atoms with E-state index < -0.39 is 29.6 Å². The number of carboxylic acid groups (broad SMARTS) is 1. The molecule has 0 aliphatic carbocycles. The van der Waals surface area contributed by atoms with Crippen molar-refractivity contribution in [3.63, 3.8) is 0 Å². The Morgan fingerprint density at radius 1 is 1.18 bits per heavy atom. The summed E-state index contributed by atoms with van der Waals surface area (Å²) in [4.78, 5) is 47.5. The second-order valence-corrected chi connectivity index (χ2v) is 5.10. The Kier molecular flexibility index (Phi) is 4.55. The van der Waals surface area contributed by atoms with Crippen molar-refractivity contribution in [3.8, 4) is 0 Å². The fourth-order valence-electron chi connectivity index (χ4n) is 2.10. The van der Waals surface area contributed by atoms with Gasteiger partial charge in [0.2, 0.25) is 5.91 Å². The van der Waals surface area contributed by atoms with Gasteiger partial charge in [-0.05, 0) is 12.1 Å². The van der Waals surface area contributed by atoms with Crippen LogP contribution in [0.2, 0.25) is 0 Å². The third-order valence-electron chi connectivity index (χ3n) is 3.47. The van der Waals surface area contributed by atoms with Gasteiger partial charge in [-0.1, -0.05) is 19.1 Å². The van der Waals surface area contributed by atoms with Gasteiger partial charge in [0.05, 0.1) is 17.0 Å². The molecule has 1 aromatic rings. The van der Waals surface area contributed by atoms with Crippen LogP contribution in [0.3, 0.4) is 0 Å². The van der Waals surface area contributed by atoms with E-state index in [-0.39, 0.29) is 19.5 Å². The molecule has 0 aromatic heterocycles. The van der Waals surface area contributed by atoms with Gasteiger partial charge in [0.15, 0.2) is 0 Å². The first-order chi connectivity index (χ1) is 10.4. The van der Waals surface area contributed by atoms with Gasteiger partial charge in [0.1, 0.15) is 0 Å². The maximum atomic E-state index is 12.1. The number of nitrogens with zero attached hydrogens (tertiary/aromatic N) is 1. The van der Waals surface area contributed by atoms with Crippen LogP contribution in [0.5, 0.6) is 0 Å². The predicted octanol–water partition coefficient (Wildman–Crippen LogP) is 0.510. The van der Waals surface area contributed by atoms with E-state index in [1.807, 2.05) is 0 Å². The molecular formula is C15H16N2O5. The van der Waals surface area contributed by atoms with Crippen molar-refractivity contribution in [2.45, 2.75) is 13.3 Å². The van der Waals surface area contributed by atoms with Crippen LogP contribution in [-0.2, 0) is 9.59 Å². The number of rotatable bonds is 6. The molecule has 0 radical (unpaired) electrons. The molecule has 22 heavy (non-hydrogen) atoms. The minimum Gasteiger partial charge on any atom is -0.481 e. The zero-order valence-corrected chi connectivity index (χ0v) is 12.0. The van der Waals surface area contributed by atoms with Crippen LogP contribution in [-0.4, -0.2) is 46.8 Å². The molecule has 7 heteroatoms. The lowest BCUT2D eigenvalue weighted by molar-refractivity contribution is -0.141. The van der Waals surface area contributed by atoms with Gasteiger partial charge in [-0.2, -0.15) is 0 Å². The van der Waals surface area contributed by atoms with Crippen molar-refractivity contribution in [1.82, 2.24) is 10.2 Å². The number of imide groups is 1. The quantitative estimate of drug-likeness (QED) is 0.745. The number of carbonyl (C=O) groups excluding carboxylic acids is 3. The number of carbonyl (C=O) groups is 4. The van der Waals surface area contributed by atoms with Crippen LogP contribution in [0.25, 0.3) is 0 Å². The summed E-state index contributed by atoms with van der Waals surface area (Å²) in [5.74, 6) is -2.91. The number of hydrogen-bond donors (Lipinski definition) is 2. The molecule has 1 aromatic carbocycles. The molecule has 0 saturated heterocycles. The highest BCUT2D eigenvalue weighted by atomic mass is 16.4. The number of fused-ring (bicyclic) bond motifs is 1. The van der Waals surface area contributed by atoms with Crippen molar-refractivity contribution in [2.24, 2.45) is 5.92 Å². The number of hydrogen-bond acceptors (Lipinski definition) is 4. The van der Waals surface area contributed by atoms with Crippen LogP contribution in [0.4, 0.5) is 0 Å². The third-order valence-corrected chi connectivity index (χ3v) is 3.47. The number of nitrogens with one attached hydrogen (secondary N) is 1. The van der Waals surface area contributed by atoms with Gasteiger partial charge in [-0.25, -0.2) is 0 Å². The highest BCUT2D eigenvalue weighted by molar-refractivity contribution is 6.21. The second-order valence-electron chi connectivity index (χ2n) is 5.10. The largest absolute Gasteiger partial charge is 0.481 e. The SMILES string of the molecule is CC(CNC(=O)CCN1C(=O)c2ccccc2C1=O)C(=O)O. The maximum Gasteiger partial charge on any atom is 0.308 e. The fraction of sp³-hybridized carbons (Fsp3) is 0.333. The predicted molar refractivity (Wildman–Crippen MR) is 76.2 cm³/mol. The Morgan fingerprint density at radius 2 is 1.73 bits per heavy atom. The van der Waals surface area contributed by atoms with Crippen molar-refractivity contribution < 1.29 is 24.3 Å². The average Bonchev–Trinajstić information content (AvgIpc) is 2.75. The van der Waals surface area contributed by atoms with Crippen LogP contribution >= 0.6 is 0 Å². The second kappa shape index (κ2) is 6.38. The third kappa shape index (κ3) is 3.13. The molecule has 1 heterocycles. The molecule has 1 aliphatic heterocycles. The first kappa shape index (κ1) is 15.7. The summed E-state index contributed by atoms with van der Waals surface area (Å²) in [7, 11) is 0. The maximum absolute atomic E-state index is 12.1. The fourth-order valence-corrected chi connectivity index (χ4v) is 2.10. The average molecular weight is 304 g/mol. The molecule has 0 spiro atoms. The Bertz CT molecular complexity index is 606. The Hall–Kier alpha value is -2.70. The van der Waals surface area contributed by atoms with Gasteiger partial charge in [0.25, 0.3) is 11.8 Å². The Labute approximate surface area is 126 Å². The van der Waals surface area contributed by atoms with Crippen molar-refractivity contribution in [3.05, 3.63) is 35.4 Å². The monoisotopic (exact) mass is 304 g/mol. The summed E-state index contributed by atoms with van der Waals surface area (Å²) in [6.45, 7) is 1.46.